The minimum Gasteiger partial charge on any atom is -0.461 e. The van der Waals surface area contributed by atoms with E-state index in [9.17, 15) is 13.2 Å². The van der Waals surface area contributed by atoms with Crippen LogP contribution in [-0.4, -0.2) is 51.6 Å². The van der Waals surface area contributed by atoms with Gasteiger partial charge in [-0.05, 0) is 29.7 Å². The highest BCUT2D eigenvalue weighted by Crippen LogP contribution is 2.38. The summed E-state index contributed by atoms with van der Waals surface area (Å²) in [5.74, 6) is 0.469. The third kappa shape index (κ3) is 3.19. The van der Waals surface area contributed by atoms with E-state index in [0.717, 1.165) is 17.8 Å². The molecule has 2 heterocycles. The second-order valence-electron chi connectivity index (χ2n) is 5.70. The van der Waals surface area contributed by atoms with Crippen LogP contribution in [0, 0.1) is 11.8 Å². The number of carbonyl (C=O) groups is 1. The summed E-state index contributed by atoms with van der Waals surface area (Å²) >= 11 is 1.11. The SMILES string of the molecule is C[C@@H]1C[C@H]1COC(=O)c1sccc1S(=O)(=O)N1CCOCC1. The highest BCUT2D eigenvalue weighted by atomic mass is 32.2. The van der Waals surface area contributed by atoms with E-state index in [1.54, 1.807) is 5.38 Å². The summed E-state index contributed by atoms with van der Waals surface area (Å²) in [6.45, 7) is 3.86. The Morgan fingerprint density at radius 1 is 1.45 bits per heavy atom. The van der Waals surface area contributed by atoms with Gasteiger partial charge in [-0.1, -0.05) is 6.92 Å². The number of sulfonamides is 1. The fourth-order valence-electron chi connectivity index (χ4n) is 2.46. The number of nitrogens with zero attached hydrogens (tertiary/aromatic N) is 1. The molecule has 0 spiro atoms. The van der Waals surface area contributed by atoms with Gasteiger partial charge in [-0.3, -0.25) is 0 Å². The Labute approximate surface area is 134 Å². The molecule has 0 aromatic carbocycles. The van der Waals surface area contributed by atoms with Crippen molar-refractivity contribution < 1.29 is 22.7 Å². The zero-order valence-corrected chi connectivity index (χ0v) is 14.0. The number of morpholine rings is 1. The quantitative estimate of drug-likeness (QED) is 0.758. The average Bonchev–Trinajstić information content (AvgIpc) is 3.02. The lowest BCUT2D eigenvalue weighted by Gasteiger charge is -2.25. The van der Waals surface area contributed by atoms with Crippen LogP contribution in [0.5, 0.6) is 0 Å². The molecular formula is C14H19NO5S2. The van der Waals surface area contributed by atoms with Crippen LogP contribution in [0.15, 0.2) is 16.3 Å². The molecule has 1 aromatic heterocycles. The Balaban J connectivity index is 1.74. The van der Waals surface area contributed by atoms with Crippen molar-refractivity contribution in [2.45, 2.75) is 18.2 Å². The van der Waals surface area contributed by atoms with E-state index in [1.807, 2.05) is 0 Å². The van der Waals surface area contributed by atoms with E-state index >= 15 is 0 Å². The van der Waals surface area contributed by atoms with Gasteiger partial charge >= 0.3 is 5.97 Å². The van der Waals surface area contributed by atoms with Gasteiger partial charge in [0.15, 0.2) is 0 Å². The molecule has 22 heavy (non-hydrogen) atoms. The second-order valence-corrected chi connectivity index (χ2v) is 8.52. The van der Waals surface area contributed by atoms with Crippen LogP contribution in [0.25, 0.3) is 0 Å². The van der Waals surface area contributed by atoms with Gasteiger partial charge in [-0.2, -0.15) is 4.31 Å². The van der Waals surface area contributed by atoms with Gasteiger partial charge in [-0.25, -0.2) is 13.2 Å². The number of esters is 1. The number of ether oxygens (including phenoxy) is 2. The number of carbonyl (C=O) groups excluding carboxylic acids is 1. The molecule has 1 aliphatic heterocycles. The van der Waals surface area contributed by atoms with E-state index < -0.39 is 16.0 Å². The molecule has 1 aliphatic carbocycles. The van der Waals surface area contributed by atoms with Gasteiger partial charge in [0.25, 0.3) is 0 Å². The fraction of sp³-hybridized carbons (Fsp3) is 0.643. The first-order chi connectivity index (χ1) is 10.5. The van der Waals surface area contributed by atoms with Gasteiger partial charge < -0.3 is 9.47 Å². The van der Waals surface area contributed by atoms with E-state index in [1.165, 1.54) is 10.4 Å². The van der Waals surface area contributed by atoms with Gasteiger partial charge in [0, 0.05) is 13.1 Å². The molecule has 1 saturated heterocycles. The summed E-state index contributed by atoms with van der Waals surface area (Å²) < 4.78 is 37.1. The molecule has 3 rings (SSSR count). The minimum atomic E-state index is -3.67. The Morgan fingerprint density at radius 3 is 2.77 bits per heavy atom. The topological polar surface area (TPSA) is 72.9 Å². The monoisotopic (exact) mass is 345 g/mol. The van der Waals surface area contributed by atoms with E-state index in [2.05, 4.69) is 6.92 Å². The van der Waals surface area contributed by atoms with Gasteiger partial charge in [0.2, 0.25) is 10.0 Å². The average molecular weight is 345 g/mol. The lowest BCUT2D eigenvalue weighted by Crippen LogP contribution is -2.40. The summed E-state index contributed by atoms with van der Waals surface area (Å²) in [4.78, 5) is 12.4. The molecule has 6 nitrogen and oxygen atoms in total. The fourth-order valence-corrected chi connectivity index (χ4v) is 5.15. The molecule has 2 fully saturated rings. The highest BCUT2D eigenvalue weighted by Gasteiger charge is 2.35. The van der Waals surface area contributed by atoms with Crippen molar-refractivity contribution in [3.05, 3.63) is 16.3 Å². The van der Waals surface area contributed by atoms with E-state index in [-0.39, 0.29) is 9.77 Å². The Kier molecular flexibility index (Phi) is 4.54. The first-order valence-electron chi connectivity index (χ1n) is 7.32. The number of hydrogen-bond acceptors (Lipinski definition) is 6. The third-order valence-electron chi connectivity index (χ3n) is 4.11. The first kappa shape index (κ1) is 15.9. The normalized spacial score (nSPS) is 25.9. The van der Waals surface area contributed by atoms with Crippen molar-refractivity contribution in [3.8, 4) is 0 Å². The molecule has 0 bridgehead atoms. The van der Waals surface area contributed by atoms with Crippen molar-refractivity contribution in [2.24, 2.45) is 11.8 Å². The molecular weight excluding hydrogens is 326 g/mol. The molecule has 1 aromatic rings. The first-order valence-corrected chi connectivity index (χ1v) is 9.64. The predicted octanol–water partition coefficient (Wildman–Crippen LogP) is 1.58. The smallest absolute Gasteiger partial charge is 0.349 e. The molecule has 0 unspecified atom stereocenters. The van der Waals surface area contributed by atoms with Gasteiger partial charge in [0.1, 0.15) is 9.77 Å². The van der Waals surface area contributed by atoms with Crippen LogP contribution in [0.4, 0.5) is 0 Å². The largest absolute Gasteiger partial charge is 0.461 e. The zero-order chi connectivity index (χ0) is 15.7. The van der Waals surface area contributed by atoms with Crippen molar-refractivity contribution in [2.75, 3.05) is 32.9 Å². The van der Waals surface area contributed by atoms with E-state index in [4.69, 9.17) is 9.47 Å². The number of thiophene rings is 1. The third-order valence-corrected chi connectivity index (χ3v) is 7.07. The maximum absolute atomic E-state index is 12.6. The zero-order valence-electron chi connectivity index (χ0n) is 12.4. The maximum atomic E-state index is 12.6. The molecule has 0 N–H and O–H groups in total. The molecule has 0 radical (unpaired) electrons. The van der Waals surface area contributed by atoms with Gasteiger partial charge in [-0.15, -0.1) is 11.3 Å². The van der Waals surface area contributed by atoms with E-state index in [0.29, 0.717) is 44.7 Å². The number of hydrogen-bond donors (Lipinski definition) is 0. The Morgan fingerprint density at radius 2 is 2.14 bits per heavy atom. The molecule has 0 amide bonds. The summed E-state index contributed by atoms with van der Waals surface area (Å²) in [5, 5.41) is 1.61. The van der Waals surface area contributed by atoms with Crippen LogP contribution < -0.4 is 0 Å². The van der Waals surface area contributed by atoms with Crippen LogP contribution in [0.2, 0.25) is 0 Å². The van der Waals surface area contributed by atoms with Crippen molar-refractivity contribution in [3.63, 3.8) is 0 Å². The summed E-state index contributed by atoms with van der Waals surface area (Å²) in [6, 6.07) is 1.48. The van der Waals surface area contributed by atoms with Crippen molar-refractivity contribution in [1.82, 2.24) is 4.31 Å². The number of rotatable bonds is 5. The van der Waals surface area contributed by atoms with Crippen LogP contribution >= 0.6 is 11.3 Å². The minimum absolute atomic E-state index is 0.0493. The molecule has 2 atom stereocenters. The standard InChI is InChI=1S/C14H19NO5S2/c1-10-8-11(10)9-20-14(16)13-12(2-7-21-13)22(17,18)15-3-5-19-6-4-15/h2,7,10-11H,3-6,8-9H2,1H3/t10-,11+/m1/s1. The maximum Gasteiger partial charge on any atom is 0.349 e. The van der Waals surface area contributed by atoms with Crippen LogP contribution in [0.1, 0.15) is 23.0 Å². The predicted molar refractivity (Wildman–Crippen MR) is 81.5 cm³/mol. The second kappa shape index (κ2) is 6.27. The molecule has 122 valence electrons. The Hall–Kier alpha value is -0.960. The highest BCUT2D eigenvalue weighted by molar-refractivity contribution is 7.89. The van der Waals surface area contributed by atoms with Crippen LogP contribution in [0.3, 0.4) is 0 Å². The van der Waals surface area contributed by atoms with Crippen molar-refractivity contribution in [1.29, 1.82) is 0 Å². The summed E-state index contributed by atoms with van der Waals surface area (Å²) in [5.41, 5.74) is 0. The summed E-state index contributed by atoms with van der Waals surface area (Å²) in [6.07, 6.45) is 1.07. The van der Waals surface area contributed by atoms with Crippen LogP contribution in [-0.2, 0) is 19.5 Å². The van der Waals surface area contributed by atoms with Crippen molar-refractivity contribution >= 4 is 27.3 Å². The lowest BCUT2D eigenvalue weighted by atomic mass is 10.4. The lowest BCUT2D eigenvalue weighted by molar-refractivity contribution is 0.0482. The summed E-state index contributed by atoms with van der Waals surface area (Å²) in [7, 11) is -3.67. The van der Waals surface area contributed by atoms with Gasteiger partial charge in [0.05, 0.1) is 19.8 Å². The Bertz CT molecular complexity index is 648. The molecule has 1 saturated carbocycles. The molecule has 8 heteroatoms. The molecule has 2 aliphatic rings.